The Bertz CT molecular complexity index is 1580. The summed E-state index contributed by atoms with van der Waals surface area (Å²) in [5.74, 6) is 0.902. The molecule has 1 aliphatic rings. The summed E-state index contributed by atoms with van der Waals surface area (Å²) in [5.41, 5.74) is 6.42. The van der Waals surface area contributed by atoms with Crippen LogP contribution in [0.15, 0.2) is 43.0 Å². The minimum atomic E-state index is -0.0259. The van der Waals surface area contributed by atoms with Gasteiger partial charge in [0.1, 0.15) is 11.2 Å². The smallest absolute Gasteiger partial charge is 0.224 e. The third kappa shape index (κ3) is 4.62. The highest BCUT2D eigenvalue weighted by Gasteiger charge is 2.20. The zero-order chi connectivity index (χ0) is 25.4. The van der Waals surface area contributed by atoms with Crippen LogP contribution in [-0.4, -0.2) is 54.1 Å². The number of aromatic amines is 2. The fourth-order valence-electron chi connectivity index (χ4n) is 4.89. The molecule has 0 bridgehead atoms. The molecule has 0 unspecified atom stereocenters. The Hall–Kier alpha value is -4.34. The third-order valence-corrected chi connectivity index (χ3v) is 6.65. The normalized spacial score (nSPS) is 14.1. The number of hydrogen-bond donors (Lipinski definition) is 3. The van der Waals surface area contributed by atoms with E-state index in [1.165, 1.54) is 19.3 Å². The third-order valence-electron chi connectivity index (χ3n) is 6.65. The number of imidazole rings is 1. The van der Waals surface area contributed by atoms with E-state index >= 15 is 0 Å². The standard InChI is InChI=1S/C27H29N9O/c1-16(2)10-22(37)31-19-11-17(13-28-15-19)18-12-20-23(34-35-25(20)30-14-18)27-32-24-21(6-7-29-26(24)33-27)36-8-4-3-5-9-36/h6-7,11-16H,3-5,8-10H2,1-2H3,(H,31,37)(H,29,32,33)(H,30,34,35). The number of piperidine rings is 1. The van der Waals surface area contributed by atoms with Crippen LogP contribution in [0.1, 0.15) is 39.5 Å². The van der Waals surface area contributed by atoms with Gasteiger partial charge in [0.15, 0.2) is 17.1 Å². The highest BCUT2D eigenvalue weighted by molar-refractivity contribution is 5.95. The molecule has 1 aliphatic heterocycles. The molecule has 5 aromatic rings. The molecule has 0 saturated carbocycles. The molecule has 0 radical (unpaired) electrons. The number of carbonyl (C=O) groups is 1. The zero-order valence-corrected chi connectivity index (χ0v) is 21.0. The molecule has 5 aromatic heterocycles. The van der Waals surface area contributed by atoms with Gasteiger partial charge in [-0.2, -0.15) is 5.10 Å². The summed E-state index contributed by atoms with van der Waals surface area (Å²) in [6, 6.07) is 5.97. The number of anilines is 2. The van der Waals surface area contributed by atoms with Crippen LogP contribution < -0.4 is 10.2 Å². The number of aromatic nitrogens is 7. The Kier molecular flexibility index (Phi) is 5.99. The maximum absolute atomic E-state index is 12.2. The molecule has 0 atom stereocenters. The lowest BCUT2D eigenvalue weighted by molar-refractivity contribution is -0.116. The van der Waals surface area contributed by atoms with Gasteiger partial charge in [0, 0.05) is 49.2 Å². The van der Waals surface area contributed by atoms with E-state index in [0.717, 1.165) is 46.5 Å². The number of amides is 1. The van der Waals surface area contributed by atoms with Gasteiger partial charge in [0.2, 0.25) is 5.91 Å². The van der Waals surface area contributed by atoms with Crippen LogP contribution in [0.2, 0.25) is 0 Å². The van der Waals surface area contributed by atoms with Crippen molar-refractivity contribution in [2.75, 3.05) is 23.3 Å². The Morgan fingerprint density at radius 3 is 2.73 bits per heavy atom. The number of H-pyrrole nitrogens is 2. The number of carbonyl (C=O) groups excluding carboxylic acids is 1. The van der Waals surface area contributed by atoms with Crippen molar-refractivity contribution in [3.63, 3.8) is 0 Å². The van der Waals surface area contributed by atoms with Crippen LogP contribution in [0.5, 0.6) is 0 Å². The van der Waals surface area contributed by atoms with Crippen molar-refractivity contribution in [1.29, 1.82) is 0 Å². The van der Waals surface area contributed by atoms with E-state index in [9.17, 15) is 4.79 Å². The summed E-state index contributed by atoms with van der Waals surface area (Å²) >= 11 is 0. The quantitative estimate of drug-likeness (QED) is 0.304. The molecule has 0 aromatic carbocycles. The van der Waals surface area contributed by atoms with E-state index in [1.54, 1.807) is 18.6 Å². The lowest BCUT2D eigenvalue weighted by Gasteiger charge is -2.28. The second kappa shape index (κ2) is 9.61. The molecule has 10 nitrogen and oxygen atoms in total. The molecule has 10 heteroatoms. The van der Waals surface area contributed by atoms with Crippen molar-refractivity contribution in [2.24, 2.45) is 5.92 Å². The molecule has 6 rings (SSSR count). The predicted octanol–water partition coefficient (Wildman–Crippen LogP) is 4.93. The van der Waals surface area contributed by atoms with Gasteiger partial charge in [-0.3, -0.25) is 14.9 Å². The van der Waals surface area contributed by atoms with Gasteiger partial charge in [-0.15, -0.1) is 0 Å². The fraction of sp³-hybridized carbons (Fsp3) is 0.333. The van der Waals surface area contributed by atoms with E-state index in [4.69, 9.17) is 4.98 Å². The summed E-state index contributed by atoms with van der Waals surface area (Å²) < 4.78 is 0. The Labute approximate surface area is 214 Å². The molecular weight excluding hydrogens is 466 g/mol. The summed E-state index contributed by atoms with van der Waals surface area (Å²) in [6.45, 7) is 6.10. The molecule has 6 heterocycles. The molecule has 0 spiro atoms. The molecule has 0 aliphatic carbocycles. The predicted molar refractivity (Wildman–Crippen MR) is 144 cm³/mol. The number of fused-ring (bicyclic) bond motifs is 2. The first-order valence-corrected chi connectivity index (χ1v) is 12.7. The number of nitrogens with one attached hydrogen (secondary N) is 3. The number of pyridine rings is 3. The molecule has 37 heavy (non-hydrogen) atoms. The average molecular weight is 496 g/mol. The van der Waals surface area contributed by atoms with Crippen LogP contribution >= 0.6 is 0 Å². The minimum Gasteiger partial charge on any atom is -0.370 e. The van der Waals surface area contributed by atoms with Crippen molar-refractivity contribution in [3.8, 4) is 22.6 Å². The van der Waals surface area contributed by atoms with Crippen molar-refractivity contribution in [1.82, 2.24) is 35.1 Å². The summed E-state index contributed by atoms with van der Waals surface area (Å²) in [5, 5.41) is 11.3. The van der Waals surface area contributed by atoms with Crippen LogP contribution in [0, 0.1) is 5.92 Å². The van der Waals surface area contributed by atoms with Gasteiger partial charge in [0.25, 0.3) is 0 Å². The highest BCUT2D eigenvalue weighted by Crippen LogP contribution is 2.32. The Balaban J connectivity index is 1.35. The molecule has 3 N–H and O–H groups in total. The largest absolute Gasteiger partial charge is 0.370 e. The highest BCUT2D eigenvalue weighted by atomic mass is 16.1. The van der Waals surface area contributed by atoms with E-state index in [-0.39, 0.29) is 11.8 Å². The number of rotatable bonds is 6. The second-order valence-corrected chi connectivity index (χ2v) is 9.96. The van der Waals surface area contributed by atoms with Gasteiger partial charge >= 0.3 is 0 Å². The summed E-state index contributed by atoms with van der Waals surface area (Å²) in [7, 11) is 0. The van der Waals surface area contributed by atoms with Gasteiger partial charge in [-0.05, 0) is 43.4 Å². The molecular formula is C27H29N9O. The van der Waals surface area contributed by atoms with Crippen LogP contribution in [0.4, 0.5) is 11.4 Å². The van der Waals surface area contributed by atoms with E-state index in [2.05, 4.69) is 40.3 Å². The molecule has 1 fully saturated rings. The van der Waals surface area contributed by atoms with Crippen LogP contribution in [0.3, 0.4) is 0 Å². The van der Waals surface area contributed by atoms with Crippen molar-refractivity contribution in [3.05, 3.63) is 43.0 Å². The number of hydrogen-bond acceptors (Lipinski definition) is 7. The van der Waals surface area contributed by atoms with Crippen molar-refractivity contribution < 1.29 is 4.79 Å². The lowest BCUT2D eigenvalue weighted by atomic mass is 10.1. The summed E-state index contributed by atoms with van der Waals surface area (Å²) in [6.07, 6.45) is 11.1. The fourth-order valence-corrected chi connectivity index (χ4v) is 4.89. The van der Waals surface area contributed by atoms with E-state index in [0.29, 0.717) is 29.3 Å². The van der Waals surface area contributed by atoms with Gasteiger partial charge < -0.3 is 15.2 Å². The first-order chi connectivity index (χ1) is 18.0. The summed E-state index contributed by atoms with van der Waals surface area (Å²) in [4.78, 5) is 36.3. The zero-order valence-electron chi connectivity index (χ0n) is 21.0. The average Bonchev–Trinajstić information content (AvgIpc) is 3.52. The molecule has 1 saturated heterocycles. The molecule has 188 valence electrons. The van der Waals surface area contributed by atoms with Gasteiger partial charge in [0.05, 0.1) is 23.0 Å². The molecule has 1 amide bonds. The topological polar surface area (TPSA) is 128 Å². The Morgan fingerprint density at radius 1 is 1.05 bits per heavy atom. The number of nitrogens with zero attached hydrogens (tertiary/aromatic N) is 6. The van der Waals surface area contributed by atoms with Gasteiger partial charge in [-0.1, -0.05) is 13.8 Å². The van der Waals surface area contributed by atoms with Crippen molar-refractivity contribution in [2.45, 2.75) is 39.5 Å². The van der Waals surface area contributed by atoms with E-state index < -0.39 is 0 Å². The lowest BCUT2D eigenvalue weighted by Crippen LogP contribution is -2.29. The Morgan fingerprint density at radius 2 is 1.89 bits per heavy atom. The SMILES string of the molecule is CC(C)CC(=O)Nc1cncc(-c2cnc3[nH]nc(-c4nc5c(N6CCCCC6)ccnc5[nH]4)c3c2)c1. The monoisotopic (exact) mass is 495 g/mol. The van der Waals surface area contributed by atoms with Crippen LogP contribution in [-0.2, 0) is 4.79 Å². The first-order valence-electron chi connectivity index (χ1n) is 12.7. The maximum atomic E-state index is 12.2. The maximum Gasteiger partial charge on any atom is 0.224 e. The van der Waals surface area contributed by atoms with Crippen molar-refractivity contribution >= 4 is 39.5 Å². The minimum absolute atomic E-state index is 0.0259. The van der Waals surface area contributed by atoms with Crippen LogP contribution in [0.25, 0.3) is 44.8 Å². The van der Waals surface area contributed by atoms with Gasteiger partial charge in [-0.25, -0.2) is 15.0 Å². The second-order valence-electron chi connectivity index (χ2n) is 9.96. The first kappa shape index (κ1) is 23.1. The van der Waals surface area contributed by atoms with E-state index in [1.807, 2.05) is 38.2 Å².